The van der Waals surface area contributed by atoms with Crippen molar-refractivity contribution in [3.8, 4) is 11.1 Å². The standard InChI is InChI=1S/C20H23N3O6S/c1-20(19(25)22-26,30(2,27)28)10-17-9-18(23-29-17)14-5-3-13(4-6-14)15-7-8-16(12-24)21-11-15/h3-8,11,17,24,26H,9-10,12H2,1-2H3,(H,22,25)/t17-,20-/m1/s1. The highest BCUT2D eigenvalue weighted by Crippen LogP contribution is 2.30. The molecule has 0 aliphatic carbocycles. The first-order valence-corrected chi connectivity index (χ1v) is 11.1. The third-order valence-electron chi connectivity index (χ3n) is 5.29. The summed E-state index contributed by atoms with van der Waals surface area (Å²) in [6.45, 7) is 1.14. The number of amides is 1. The Labute approximate surface area is 174 Å². The lowest BCUT2D eigenvalue weighted by atomic mass is 9.96. The highest BCUT2D eigenvalue weighted by molar-refractivity contribution is 7.92. The minimum absolute atomic E-state index is 0.113. The highest BCUT2D eigenvalue weighted by atomic mass is 32.2. The summed E-state index contributed by atoms with van der Waals surface area (Å²) >= 11 is 0. The van der Waals surface area contributed by atoms with Crippen LogP contribution in [-0.4, -0.2) is 52.4 Å². The molecular formula is C20H23N3O6S. The number of aliphatic hydroxyl groups excluding tert-OH is 1. The van der Waals surface area contributed by atoms with Crippen LogP contribution in [0.5, 0.6) is 0 Å². The van der Waals surface area contributed by atoms with Gasteiger partial charge in [0.15, 0.2) is 14.6 Å². The molecule has 2 aromatic rings. The van der Waals surface area contributed by atoms with E-state index in [0.29, 0.717) is 17.8 Å². The molecule has 0 spiro atoms. The number of nitrogens with zero attached hydrogens (tertiary/aromatic N) is 2. The van der Waals surface area contributed by atoms with Crippen molar-refractivity contribution in [3.63, 3.8) is 0 Å². The SMILES string of the molecule is C[C@@](C[C@H]1CC(c2ccc(-c3ccc(CO)nc3)cc2)=NO1)(C(=O)NO)S(C)(=O)=O. The zero-order valence-electron chi connectivity index (χ0n) is 16.6. The van der Waals surface area contributed by atoms with Crippen LogP contribution in [-0.2, 0) is 26.1 Å². The highest BCUT2D eigenvalue weighted by Gasteiger charge is 2.47. The second-order valence-electron chi connectivity index (χ2n) is 7.39. The van der Waals surface area contributed by atoms with Crippen molar-refractivity contribution in [2.45, 2.75) is 37.2 Å². The van der Waals surface area contributed by atoms with E-state index in [1.807, 2.05) is 30.3 Å². The monoisotopic (exact) mass is 433 g/mol. The molecule has 0 saturated carbocycles. The molecular weight excluding hydrogens is 410 g/mol. The predicted molar refractivity (Wildman–Crippen MR) is 109 cm³/mol. The molecule has 0 saturated heterocycles. The molecule has 2 atom stereocenters. The summed E-state index contributed by atoms with van der Waals surface area (Å²) in [5, 5.41) is 22.1. The number of carbonyl (C=O) groups is 1. The number of carbonyl (C=O) groups excluding carboxylic acids is 1. The van der Waals surface area contributed by atoms with Gasteiger partial charge in [0.1, 0.15) is 6.10 Å². The number of aromatic nitrogens is 1. The number of sulfone groups is 1. The Morgan fingerprint density at radius 2 is 1.83 bits per heavy atom. The third kappa shape index (κ3) is 4.35. The quantitative estimate of drug-likeness (QED) is 0.443. The van der Waals surface area contributed by atoms with Crippen LogP contribution in [0.3, 0.4) is 0 Å². The lowest BCUT2D eigenvalue weighted by Gasteiger charge is -2.26. The summed E-state index contributed by atoms with van der Waals surface area (Å²) in [4.78, 5) is 21.5. The van der Waals surface area contributed by atoms with Crippen LogP contribution >= 0.6 is 0 Å². The van der Waals surface area contributed by atoms with E-state index in [1.54, 1.807) is 12.3 Å². The van der Waals surface area contributed by atoms with Crippen LogP contribution < -0.4 is 5.48 Å². The zero-order valence-corrected chi connectivity index (χ0v) is 17.4. The van der Waals surface area contributed by atoms with E-state index in [9.17, 15) is 13.2 Å². The molecule has 1 aliphatic rings. The molecule has 1 amide bonds. The van der Waals surface area contributed by atoms with Crippen LogP contribution in [0, 0.1) is 0 Å². The largest absolute Gasteiger partial charge is 0.392 e. The van der Waals surface area contributed by atoms with Gasteiger partial charge in [0.25, 0.3) is 5.91 Å². The first kappa shape index (κ1) is 21.9. The summed E-state index contributed by atoms with van der Waals surface area (Å²) < 4.78 is 22.4. The van der Waals surface area contributed by atoms with Gasteiger partial charge in [0.2, 0.25) is 0 Å². The fourth-order valence-electron chi connectivity index (χ4n) is 3.22. The molecule has 3 rings (SSSR count). The predicted octanol–water partition coefficient (Wildman–Crippen LogP) is 1.43. The number of oxime groups is 1. The van der Waals surface area contributed by atoms with Crippen molar-refractivity contribution in [2.24, 2.45) is 5.16 Å². The fourth-order valence-corrected chi connectivity index (χ4v) is 4.09. The first-order chi connectivity index (χ1) is 14.2. The van der Waals surface area contributed by atoms with Crippen molar-refractivity contribution in [1.29, 1.82) is 0 Å². The summed E-state index contributed by atoms with van der Waals surface area (Å²) in [5.74, 6) is -1.01. The number of hydrogen-bond donors (Lipinski definition) is 3. The van der Waals surface area contributed by atoms with Crippen molar-refractivity contribution < 1.29 is 28.4 Å². The van der Waals surface area contributed by atoms with E-state index < -0.39 is 26.6 Å². The number of benzene rings is 1. The van der Waals surface area contributed by atoms with E-state index in [-0.39, 0.29) is 13.0 Å². The van der Waals surface area contributed by atoms with E-state index in [0.717, 1.165) is 22.9 Å². The molecule has 1 aromatic carbocycles. The maximum atomic E-state index is 12.1. The normalized spacial score (nSPS) is 18.3. The van der Waals surface area contributed by atoms with Gasteiger partial charge in [0.05, 0.1) is 18.0 Å². The zero-order chi connectivity index (χ0) is 21.9. The molecule has 3 N–H and O–H groups in total. The van der Waals surface area contributed by atoms with E-state index in [2.05, 4.69) is 10.1 Å². The van der Waals surface area contributed by atoms with Crippen LogP contribution in [0.25, 0.3) is 11.1 Å². The van der Waals surface area contributed by atoms with Gasteiger partial charge in [-0.3, -0.25) is 15.0 Å². The van der Waals surface area contributed by atoms with Gasteiger partial charge < -0.3 is 9.94 Å². The average molecular weight is 433 g/mol. The third-order valence-corrected chi connectivity index (χ3v) is 7.28. The van der Waals surface area contributed by atoms with Gasteiger partial charge >= 0.3 is 0 Å². The maximum absolute atomic E-state index is 12.1. The van der Waals surface area contributed by atoms with Crippen molar-refractivity contribution in [1.82, 2.24) is 10.5 Å². The molecule has 10 heteroatoms. The molecule has 0 unspecified atom stereocenters. The average Bonchev–Trinajstić information content (AvgIpc) is 3.20. The van der Waals surface area contributed by atoms with Gasteiger partial charge in [-0.2, -0.15) is 0 Å². The van der Waals surface area contributed by atoms with E-state index in [4.69, 9.17) is 15.2 Å². The van der Waals surface area contributed by atoms with Gasteiger partial charge in [-0.25, -0.2) is 13.9 Å². The molecule has 9 nitrogen and oxygen atoms in total. The molecule has 160 valence electrons. The number of aliphatic hydroxyl groups is 1. The minimum Gasteiger partial charge on any atom is -0.392 e. The Morgan fingerprint density at radius 3 is 2.37 bits per heavy atom. The minimum atomic E-state index is -3.81. The Hall–Kier alpha value is -2.82. The number of pyridine rings is 1. The van der Waals surface area contributed by atoms with Gasteiger partial charge in [-0.15, -0.1) is 0 Å². The Kier molecular flexibility index (Phi) is 6.20. The fraction of sp³-hybridized carbons (Fsp3) is 0.350. The smallest absolute Gasteiger partial charge is 0.264 e. The van der Waals surface area contributed by atoms with Crippen molar-refractivity contribution in [2.75, 3.05) is 6.26 Å². The lowest BCUT2D eigenvalue weighted by Crippen LogP contribution is -2.51. The number of rotatable bonds is 7. The molecule has 0 fully saturated rings. The second-order valence-corrected chi connectivity index (χ2v) is 9.84. The van der Waals surface area contributed by atoms with Crippen molar-refractivity contribution >= 4 is 21.5 Å². The maximum Gasteiger partial charge on any atom is 0.264 e. The second kappa shape index (κ2) is 8.50. The Morgan fingerprint density at radius 1 is 1.20 bits per heavy atom. The van der Waals surface area contributed by atoms with Crippen LogP contribution in [0.2, 0.25) is 0 Å². The lowest BCUT2D eigenvalue weighted by molar-refractivity contribution is -0.132. The number of nitrogens with one attached hydrogen (secondary N) is 1. The molecule has 0 bridgehead atoms. The molecule has 2 heterocycles. The summed E-state index contributed by atoms with van der Waals surface area (Å²) in [5.41, 5.74) is 5.32. The Bertz CT molecular complexity index is 1050. The molecule has 30 heavy (non-hydrogen) atoms. The summed E-state index contributed by atoms with van der Waals surface area (Å²) in [7, 11) is -3.81. The molecule has 1 aromatic heterocycles. The van der Waals surface area contributed by atoms with E-state index in [1.165, 1.54) is 12.4 Å². The van der Waals surface area contributed by atoms with Crippen LogP contribution in [0.1, 0.15) is 31.0 Å². The van der Waals surface area contributed by atoms with Gasteiger partial charge in [-0.05, 0) is 24.1 Å². The van der Waals surface area contributed by atoms with Gasteiger partial charge in [0, 0.05) is 30.9 Å². The summed E-state index contributed by atoms with van der Waals surface area (Å²) in [6.07, 6.45) is 2.19. The van der Waals surface area contributed by atoms with Crippen molar-refractivity contribution in [3.05, 3.63) is 53.9 Å². The first-order valence-electron chi connectivity index (χ1n) is 9.21. The molecule has 0 radical (unpaired) electrons. The summed E-state index contributed by atoms with van der Waals surface area (Å²) in [6, 6.07) is 11.2. The van der Waals surface area contributed by atoms with Crippen LogP contribution in [0.15, 0.2) is 47.8 Å². The number of hydrogen-bond acceptors (Lipinski definition) is 8. The number of hydroxylamine groups is 1. The topological polar surface area (TPSA) is 138 Å². The Balaban J connectivity index is 1.71. The van der Waals surface area contributed by atoms with Crippen LogP contribution in [0.4, 0.5) is 0 Å². The molecule has 1 aliphatic heterocycles. The van der Waals surface area contributed by atoms with E-state index >= 15 is 0 Å². The van der Waals surface area contributed by atoms with Gasteiger partial charge in [-0.1, -0.05) is 35.5 Å².